The summed E-state index contributed by atoms with van der Waals surface area (Å²) in [5, 5.41) is 9.18. The SMILES string of the molecule is O=C(O)c1cc(C2CC2)c(OC2[C@@H]3CC4C[C@H]2CC(F)(C4)C3)cc1F. The molecule has 1 N–H and O–H groups in total. The predicted octanol–water partition coefficient (Wildman–Crippen LogP) is 4.70. The Bertz CT molecular complexity index is 727. The smallest absolute Gasteiger partial charge is 0.338 e. The minimum Gasteiger partial charge on any atom is -0.489 e. The van der Waals surface area contributed by atoms with E-state index in [1.807, 2.05) is 0 Å². The van der Waals surface area contributed by atoms with Crippen LogP contribution in [0, 0.1) is 23.6 Å². The van der Waals surface area contributed by atoms with Crippen LogP contribution < -0.4 is 4.74 Å². The Hall–Kier alpha value is -1.65. The largest absolute Gasteiger partial charge is 0.489 e. The summed E-state index contributed by atoms with van der Waals surface area (Å²) in [6.07, 6.45) is 5.71. The highest BCUT2D eigenvalue weighted by molar-refractivity contribution is 5.88. The van der Waals surface area contributed by atoms with Crippen LogP contribution in [-0.2, 0) is 0 Å². The van der Waals surface area contributed by atoms with Gasteiger partial charge in [0.25, 0.3) is 0 Å². The summed E-state index contributed by atoms with van der Waals surface area (Å²) in [7, 11) is 0. The number of ether oxygens (including phenoxy) is 1. The Morgan fingerprint density at radius 1 is 1.16 bits per heavy atom. The minimum absolute atomic E-state index is 0.0620. The van der Waals surface area contributed by atoms with Crippen molar-refractivity contribution >= 4 is 5.97 Å². The van der Waals surface area contributed by atoms with Gasteiger partial charge in [0.2, 0.25) is 0 Å². The van der Waals surface area contributed by atoms with E-state index in [1.165, 1.54) is 12.1 Å². The van der Waals surface area contributed by atoms with Gasteiger partial charge < -0.3 is 9.84 Å². The maximum atomic E-state index is 14.8. The molecule has 0 spiro atoms. The fraction of sp³-hybridized carbons (Fsp3) is 0.650. The molecule has 6 rings (SSSR count). The molecular formula is C20H22F2O3. The summed E-state index contributed by atoms with van der Waals surface area (Å²) in [5.41, 5.74) is -0.502. The molecule has 134 valence electrons. The molecule has 1 aromatic carbocycles. The van der Waals surface area contributed by atoms with Crippen molar-refractivity contribution in [1.29, 1.82) is 0 Å². The van der Waals surface area contributed by atoms with Crippen molar-refractivity contribution < 1.29 is 23.4 Å². The zero-order valence-corrected chi connectivity index (χ0v) is 14.0. The van der Waals surface area contributed by atoms with E-state index in [2.05, 4.69) is 0 Å². The molecule has 5 saturated carbocycles. The van der Waals surface area contributed by atoms with Crippen molar-refractivity contribution in [3.8, 4) is 5.75 Å². The molecule has 3 unspecified atom stereocenters. The number of alkyl halides is 1. The van der Waals surface area contributed by atoms with Crippen LogP contribution in [0.25, 0.3) is 0 Å². The molecule has 5 fully saturated rings. The van der Waals surface area contributed by atoms with Gasteiger partial charge in [-0.25, -0.2) is 13.6 Å². The van der Waals surface area contributed by atoms with Crippen LogP contribution in [0.3, 0.4) is 0 Å². The lowest BCUT2D eigenvalue weighted by Gasteiger charge is -2.56. The van der Waals surface area contributed by atoms with E-state index < -0.39 is 17.5 Å². The number of halogens is 2. The third-order valence-corrected chi connectivity index (χ3v) is 6.72. The van der Waals surface area contributed by atoms with Crippen LogP contribution in [0.4, 0.5) is 8.78 Å². The van der Waals surface area contributed by atoms with E-state index in [4.69, 9.17) is 4.74 Å². The summed E-state index contributed by atoms with van der Waals surface area (Å²) in [5.74, 6) is -0.390. The van der Waals surface area contributed by atoms with Crippen molar-refractivity contribution in [3.63, 3.8) is 0 Å². The third-order valence-electron chi connectivity index (χ3n) is 6.72. The molecule has 0 aliphatic heterocycles. The molecule has 5 atom stereocenters. The molecule has 25 heavy (non-hydrogen) atoms. The van der Waals surface area contributed by atoms with Gasteiger partial charge in [-0.2, -0.15) is 0 Å². The molecule has 5 aliphatic carbocycles. The highest BCUT2D eigenvalue weighted by Crippen LogP contribution is 2.58. The van der Waals surface area contributed by atoms with E-state index in [9.17, 15) is 18.7 Å². The van der Waals surface area contributed by atoms with E-state index in [0.29, 0.717) is 30.9 Å². The lowest BCUT2D eigenvalue weighted by atomic mass is 9.53. The van der Waals surface area contributed by atoms with Crippen molar-refractivity contribution in [2.24, 2.45) is 17.8 Å². The Balaban J connectivity index is 1.46. The minimum atomic E-state index is -1.25. The van der Waals surface area contributed by atoms with Gasteiger partial charge in [0.05, 0.1) is 5.56 Å². The fourth-order valence-corrected chi connectivity index (χ4v) is 5.77. The standard InChI is InChI=1S/C20H22F2O3/c21-16-6-17(14(11-1-2-11)5-15(16)19(23)24)25-18-12-3-10-4-13(18)9-20(22,7-10)8-12/h5-6,10-13,18H,1-4,7-9H2,(H,23,24)/t10?,12-,13+,18?,20?. The van der Waals surface area contributed by atoms with Gasteiger partial charge in [-0.15, -0.1) is 0 Å². The monoisotopic (exact) mass is 348 g/mol. The van der Waals surface area contributed by atoms with E-state index in [1.54, 1.807) is 0 Å². The topological polar surface area (TPSA) is 46.5 Å². The first-order chi connectivity index (χ1) is 11.9. The van der Waals surface area contributed by atoms with Crippen molar-refractivity contribution in [2.45, 2.75) is 62.6 Å². The average molecular weight is 348 g/mol. The van der Waals surface area contributed by atoms with E-state index in [-0.39, 0.29) is 29.4 Å². The van der Waals surface area contributed by atoms with E-state index in [0.717, 1.165) is 31.2 Å². The summed E-state index contributed by atoms with van der Waals surface area (Å²) < 4.78 is 35.3. The van der Waals surface area contributed by atoms with Gasteiger partial charge in [-0.1, -0.05) is 0 Å². The first-order valence-corrected chi connectivity index (χ1v) is 9.34. The number of aromatic carboxylic acids is 1. The second-order valence-corrected chi connectivity index (χ2v) is 8.65. The Labute approximate surface area is 145 Å². The third kappa shape index (κ3) is 2.54. The number of hydrogen-bond donors (Lipinski definition) is 1. The zero-order chi connectivity index (χ0) is 17.3. The molecule has 1 aromatic rings. The quantitative estimate of drug-likeness (QED) is 0.858. The van der Waals surface area contributed by atoms with Gasteiger partial charge >= 0.3 is 5.97 Å². The molecule has 0 radical (unpaired) electrons. The Morgan fingerprint density at radius 3 is 2.40 bits per heavy atom. The Morgan fingerprint density at radius 2 is 1.84 bits per heavy atom. The number of benzene rings is 1. The summed E-state index contributed by atoms with van der Waals surface area (Å²) in [4.78, 5) is 11.2. The number of carbonyl (C=O) groups is 1. The number of carboxylic acid groups (broad SMARTS) is 1. The lowest BCUT2D eigenvalue weighted by Crippen LogP contribution is -2.56. The normalized spacial score (nSPS) is 38.8. The van der Waals surface area contributed by atoms with Crippen LogP contribution in [-0.4, -0.2) is 22.8 Å². The van der Waals surface area contributed by atoms with Crippen molar-refractivity contribution in [1.82, 2.24) is 0 Å². The molecule has 0 saturated heterocycles. The molecule has 0 amide bonds. The first kappa shape index (κ1) is 15.6. The van der Waals surface area contributed by atoms with Crippen molar-refractivity contribution in [2.75, 3.05) is 0 Å². The first-order valence-electron chi connectivity index (χ1n) is 9.34. The van der Waals surface area contributed by atoms with E-state index >= 15 is 0 Å². The second-order valence-electron chi connectivity index (χ2n) is 8.65. The molecule has 0 aromatic heterocycles. The van der Waals surface area contributed by atoms with Crippen molar-refractivity contribution in [3.05, 3.63) is 29.1 Å². The predicted molar refractivity (Wildman–Crippen MR) is 87.1 cm³/mol. The highest BCUT2D eigenvalue weighted by Gasteiger charge is 2.57. The van der Waals surface area contributed by atoms with Gasteiger partial charge in [0, 0.05) is 6.07 Å². The maximum Gasteiger partial charge on any atom is 0.338 e. The molecule has 3 nitrogen and oxygen atoms in total. The summed E-state index contributed by atoms with van der Waals surface area (Å²) >= 11 is 0. The molecule has 5 aliphatic rings. The van der Waals surface area contributed by atoms with Crippen LogP contribution in [0.1, 0.15) is 66.8 Å². The van der Waals surface area contributed by atoms with Crippen LogP contribution in [0.15, 0.2) is 12.1 Å². The molecule has 4 bridgehead atoms. The molecular weight excluding hydrogens is 326 g/mol. The maximum absolute atomic E-state index is 14.8. The fourth-order valence-electron chi connectivity index (χ4n) is 5.77. The van der Waals surface area contributed by atoms with Crippen LogP contribution in [0.2, 0.25) is 0 Å². The van der Waals surface area contributed by atoms with Gasteiger partial charge in [-0.3, -0.25) is 0 Å². The van der Waals surface area contributed by atoms with Gasteiger partial charge in [0.1, 0.15) is 23.3 Å². The zero-order valence-electron chi connectivity index (χ0n) is 14.0. The average Bonchev–Trinajstić information content (AvgIpc) is 3.33. The van der Waals surface area contributed by atoms with Crippen LogP contribution in [0.5, 0.6) is 5.75 Å². The van der Waals surface area contributed by atoms with Gasteiger partial charge in [-0.05, 0) is 80.2 Å². The molecule has 5 heteroatoms. The highest BCUT2D eigenvalue weighted by atomic mass is 19.1. The molecule has 0 heterocycles. The van der Waals surface area contributed by atoms with Crippen LogP contribution >= 0.6 is 0 Å². The second kappa shape index (κ2) is 5.18. The lowest BCUT2D eigenvalue weighted by molar-refractivity contribution is -0.134. The van der Waals surface area contributed by atoms with Gasteiger partial charge in [0.15, 0.2) is 0 Å². The summed E-state index contributed by atoms with van der Waals surface area (Å²) in [6, 6.07) is 2.69. The number of hydrogen-bond acceptors (Lipinski definition) is 2. The number of carboxylic acids is 1. The summed E-state index contributed by atoms with van der Waals surface area (Å²) in [6.45, 7) is 0. The number of rotatable bonds is 4. The Kier molecular flexibility index (Phi) is 3.23.